The number of fused-ring (bicyclic) bond motifs is 1. The lowest BCUT2D eigenvalue weighted by molar-refractivity contribution is 0.770. The van der Waals surface area contributed by atoms with Crippen LogP contribution in [0.15, 0.2) is 5.38 Å². The summed E-state index contributed by atoms with van der Waals surface area (Å²) in [7, 11) is 0. The highest BCUT2D eigenvalue weighted by molar-refractivity contribution is 7.16. The minimum absolute atomic E-state index is 0.638. The quantitative estimate of drug-likeness (QED) is 0.786. The Morgan fingerprint density at radius 2 is 2.22 bits per heavy atom. The van der Waals surface area contributed by atoms with Crippen molar-refractivity contribution in [1.82, 2.24) is 24.8 Å². The van der Waals surface area contributed by atoms with Crippen molar-refractivity contribution in [3.63, 3.8) is 0 Å². The molecule has 0 aliphatic rings. The maximum atomic E-state index is 5.59. The summed E-state index contributed by atoms with van der Waals surface area (Å²) in [6.07, 6.45) is 2.89. The summed E-state index contributed by atoms with van der Waals surface area (Å²) in [5, 5.41) is 16.2. The van der Waals surface area contributed by atoms with E-state index < -0.39 is 0 Å². The van der Waals surface area contributed by atoms with Gasteiger partial charge < -0.3 is 5.73 Å². The minimum Gasteiger partial charge on any atom is -0.375 e. The van der Waals surface area contributed by atoms with Crippen molar-refractivity contribution >= 4 is 32.8 Å². The minimum atomic E-state index is 0.638. The van der Waals surface area contributed by atoms with Gasteiger partial charge in [-0.1, -0.05) is 11.3 Å². The van der Waals surface area contributed by atoms with E-state index in [0.717, 1.165) is 40.7 Å². The van der Waals surface area contributed by atoms with Gasteiger partial charge in [0.1, 0.15) is 5.01 Å². The number of thiazole rings is 1. The normalized spacial score (nSPS) is 11.4. The van der Waals surface area contributed by atoms with Crippen molar-refractivity contribution in [2.24, 2.45) is 0 Å². The van der Waals surface area contributed by atoms with E-state index in [1.54, 1.807) is 15.9 Å². The van der Waals surface area contributed by atoms with Gasteiger partial charge in [-0.25, -0.2) is 4.98 Å². The monoisotopic (exact) mass is 280 g/mol. The van der Waals surface area contributed by atoms with Crippen molar-refractivity contribution in [2.45, 2.75) is 26.2 Å². The molecule has 2 N–H and O–H groups in total. The van der Waals surface area contributed by atoms with Crippen molar-refractivity contribution < 1.29 is 0 Å². The molecule has 94 valence electrons. The van der Waals surface area contributed by atoms with Crippen LogP contribution in [0.2, 0.25) is 0 Å². The third-order valence-corrected chi connectivity index (χ3v) is 4.26. The lowest BCUT2D eigenvalue weighted by atomic mass is 10.2. The average Bonchev–Trinajstić information content (AvgIpc) is 2.99. The first-order valence-electron chi connectivity index (χ1n) is 5.60. The fourth-order valence-corrected chi connectivity index (χ4v) is 3.23. The molecule has 3 heterocycles. The molecule has 0 unspecified atom stereocenters. The molecule has 0 amide bonds. The molecule has 3 aromatic rings. The number of nitrogens with two attached hydrogens (primary N) is 1. The highest BCUT2D eigenvalue weighted by Crippen LogP contribution is 2.17. The van der Waals surface area contributed by atoms with Crippen molar-refractivity contribution in [1.29, 1.82) is 0 Å². The number of aryl methyl sites for hydroxylation is 3. The van der Waals surface area contributed by atoms with Crippen LogP contribution >= 0.6 is 22.7 Å². The van der Waals surface area contributed by atoms with Gasteiger partial charge in [-0.15, -0.1) is 21.5 Å². The number of nitrogens with zero attached hydrogens (tertiary/aromatic N) is 5. The van der Waals surface area contributed by atoms with Crippen LogP contribution in [0.3, 0.4) is 0 Å². The third kappa shape index (κ3) is 2.21. The van der Waals surface area contributed by atoms with Crippen LogP contribution in [0.4, 0.5) is 5.13 Å². The molecule has 0 aromatic carbocycles. The van der Waals surface area contributed by atoms with Crippen LogP contribution in [-0.2, 0) is 12.8 Å². The molecule has 0 aliphatic carbocycles. The highest BCUT2D eigenvalue weighted by atomic mass is 32.1. The van der Waals surface area contributed by atoms with Gasteiger partial charge in [0.05, 0.1) is 5.69 Å². The standard InChI is InChI=1S/C10H12N6S2/c1-6-13-14-10-16(6)15-8(18-10)4-2-3-7-5-17-9(11)12-7/h5H,2-4H2,1H3,(H2,11,12). The zero-order valence-corrected chi connectivity index (χ0v) is 11.5. The second-order valence-electron chi connectivity index (χ2n) is 3.97. The van der Waals surface area contributed by atoms with E-state index in [4.69, 9.17) is 5.73 Å². The van der Waals surface area contributed by atoms with E-state index in [2.05, 4.69) is 20.3 Å². The van der Waals surface area contributed by atoms with Crippen molar-refractivity contribution in [3.05, 3.63) is 21.9 Å². The van der Waals surface area contributed by atoms with E-state index in [9.17, 15) is 0 Å². The van der Waals surface area contributed by atoms with E-state index in [1.807, 2.05) is 12.3 Å². The van der Waals surface area contributed by atoms with Crippen LogP contribution in [0.25, 0.3) is 4.96 Å². The number of aromatic nitrogens is 5. The number of rotatable bonds is 4. The van der Waals surface area contributed by atoms with Crippen LogP contribution in [0.5, 0.6) is 0 Å². The third-order valence-electron chi connectivity index (χ3n) is 2.58. The number of anilines is 1. The summed E-state index contributed by atoms with van der Waals surface area (Å²) in [5.74, 6) is 0.833. The lowest BCUT2D eigenvalue weighted by Gasteiger charge is -1.94. The Hall–Kier alpha value is -1.54. The van der Waals surface area contributed by atoms with Gasteiger partial charge in [0.15, 0.2) is 11.0 Å². The smallest absolute Gasteiger partial charge is 0.234 e. The first-order valence-corrected chi connectivity index (χ1v) is 7.29. The van der Waals surface area contributed by atoms with Crippen LogP contribution < -0.4 is 5.73 Å². The Balaban J connectivity index is 1.62. The molecule has 0 atom stereocenters. The summed E-state index contributed by atoms with van der Waals surface area (Å²) < 4.78 is 1.79. The van der Waals surface area contributed by atoms with E-state index in [0.29, 0.717) is 5.13 Å². The Morgan fingerprint density at radius 1 is 1.33 bits per heavy atom. The Morgan fingerprint density at radius 3 is 2.94 bits per heavy atom. The van der Waals surface area contributed by atoms with Crippen LogP contribution in [0, 0.1) is 6.92 Å². The van der Waals surface area contributed by atoms with Crippen molar-refractivity contribution in [3.8, 4) is 0 Å². The molecule has 0 aliphatic heterocycles. The Labute approximate surface area is 112 Å². The molecule has 6 nitrogen and oxygen atoms in total. The second-order valence-corrected chi connectivity index (χ2v) is 5.90. The maximum absolute atomic E-state index is 5.59. The molecule has 0 radical (unpaired) electrons. The van der Waals surface area contributed by atoms with Crippen LogP contribution in [0.1, 0.15) is 22.9 Å². The molecular weight excluding hydrogens is 268 g/mol. The second kappa shape index (κ2) is 4.62. The van der Waals surface area contributed by atoms with Gasteiger partial charge in [-0.3, -0.25) is 0 Å². The summed E-state index contributed by atoms with van der Waals surface area (Å²) in [6.45, 7) is 1.90. The molecule has 3 aromatic heterocycles. The molecule has 0 bridgehead atoms. The van der Waals surface area contributed by atoms with Crippen molar-refractivity contribution in [2.75, 3.05) is 5.73 Å². The first-order chi connectivity index (χ1) is 8.72. The lowest BCUT2D eigenvalue weighted by Crippen LogP contribution is -1.93. The summed E-state index contributed by atoms with van der Waals surface area (Å²) in [4.78, 5) is 5.10. The topological polar surface area (TPSA) is 82.0 Å². The summed E-state index contributed by atoms with van der Waals surface area (Å²) in [6, 6.07) is 0. The zero-order chi connectivity index (χ0) is 12.5. The summed E-state index contributed by atoms with van der Waals surface area (Å²) >= 11 is 3.08. The number of hydrogen-bond donors (Lipinski definition) is 1. The average molecular weight is 280 g/mol. The predicted molar refractivity (Wildman–Crippen MR) is 71.9 cm³/mol. The van der Waals surface area contributed by atoms with Gasteiger partial charge in [0.2, 0.25) is 4.96 Å². The highest BCUT2D eigenvalue weighted by Gasteiger charge is 2.08. The fraction of sp³-hybridized carbons (Fsp3) is 0.400. The molecule has 0 spiro atoms. The molecule has 0 saturated heterocycles. The van der Waals surface area contributed by atoms with E-state index >= 15 is 0 Å². The van der Waals surface area contributed by atoms with Crippen LogP contribution in [-0.4, -0.2) is 24.8 Å². The van der Waals surface area contributed by atoms with Gasteiger partial charge in [0, 0.05) is 11.8 Å². The molecule has 3 rings (SSSR count). The van der Waals surface area contributed by atoms with Gasteiger partial charge in [-0.2, -0.15) is 9.61 Å². The number of hydrogen-bond acceptors (Lipinski definition) is 7. The Kier molecular flexibility index (Phi) is 2.96. The molecule has 8 heteroatoms. The fourth-order valence-electron chi connectivity index (χ4n) is 1.71. The number of nitrogen functional groups attached to an aromatic ring is 1. The molecule has 0 saturated carbocycles. The first kappa shape index (κ1) is 11.5. The summed E-state index contributed by atoms with van der Waals surface area (Å²) in [5.41, 5.74) is 6.66. The predicted octanol–water partition coefficient (Wildman–Crippen LogP) is 1.71. The zero-order valence-electron chi connectivity index (χ0n) is 9.83. The molecular formula is C10H12N6S2. The van der Waals surface area contributed by atoms with E-state index in [-0.39, 0.29) is 0 Å². The van der Waals surface area contributed by atoms with Gasteiger partial charge in [-0.05, 0) is 19.8 Å². The van der Waals surface area contributed by atoms with Gasteiger partial charge in [0.25, 0.3) is 0 Å². The SMILES string of the molecule is Cc1nnc2sc(CCCc3csc(N)n3)nn12. The molecule has 0 fully saturated rings. The maximum Gasteiger partial charge on any atom is 0.234 e. The van der Waals surface area contributed by atoms with Gasteiger partial charge >= 0.3 is 0 Å². The molecule has 18 heavy (non-hydrogen) atoms. The largest absolute Gasteiger partial charge is 0.375 e. The Bertz CT molecular complexity index is 667. The van der Waals surface area contributed by atoms with E-state index in [1.165, 1.54) is 11.3 Å².